The van der Waals surface area contributed by atoms with Gasteiger partial charge in [0.05, 0.1) is 0 Å². The van der Waals surface area contributed by atoms with Crippen LogP contribution in [0, 0.1) is 0 Å². The van der Waals surface area contributed by atoms with Crippen molar-refractivity contribution >= 4 is 11.9 Å². The van der Waals surface area contributed by atoms with E-state index >= 15 is 0 Å². The Morgan fingerprint density at radius 2 is 1.00 bits per heavy atom. The molecular weight excluding hydrogens is 376 g/mol. The quantitative estimate of drug-likeness (QED) is 0.398. The molecule has 0 amide bonds. The summed E-state index contributed by atoms with van der Waals surface area (Å²) in [5.74, 6) is 1.27. The van der Waals surface area contributed by atoms with Crippen LogP contribution in [0.5, 0.6) is 23.0 Å². The molecule has 29 heavy (non-hydrogen) atoms. The molecule has 0 saturated heterocycles. The smallest absolute Gasteiger partial charge is 0.344 e. The Labute approximate surface area is 169 Å². The van der Waals surface area contributed by atoms with Crippen molar-refractivity contribution in [2.75, 3.05) is 26.4 Å². The topological polar surface area (TPSA) is 80.3 Å². The van der Waals surface area contributed by atoms with E-state index in [9.17, 15) is 9.59 Å². The zero-order valence-corrected chi connectivity index (χ0v) is 15.9. The lowest BCUT2D eigenvalue weighted by Crippen LogP contribution is -2.14. The lowest BCUT2D eigenvalue weighted by atomic mass is 10.3. The van der Waals surface area contributed by atoms with Gasteiger partial charge in [0.15, 0.2) is 13.2 Å². The SMILES string of the molecule is C=CCOC(=O)COc1ccc(Oc2ccc(OCC(=O)OCC=C)cc2)cc1. The van der Waals surface area contributed by atoms with E-state index in [2.05, 4.69) is 13.2 Å². The van der Waals surface area contributed by atoms with Crippen LogP contribution >= 0.6 is 0 Å². The fourth-order valence-electron chi connectivity index (χ4n) is 2.02. The van der Waals surface area contributed by atoms with Gasteiger partial charge in [-0.2, -0.15) is 0 Å². The highest BCUT2D eigenvalue weighted by atomic mass is 16.6. The van der Waals surface area contributed by atoms with Gasteiger partial charge in [0, 0.05) is 0 Å². The van der Waals surface area contributed by atoms with Gasteiger partial charge in [-0.15, -0.1) is 0 Å². The molecule has 7 nitrogen and oxygen atoms in total. The normalized spacial score (nSPS) is 9.79. The van der Waals surface area contributed by atoms with E-state index in [1.54, 1.807) is 48.5 Å². The minimum absolute atomic E-state index is 0.151. The molecule has 0 bridgehead atoms. The van der Waals surface area contributed by atoms with Crippen molar-refractivity contribution in [1.82, 2.24) is 0 Å². The van der Waals surface area contributed by atoms with Crippen LogP contribution in [0.25, 0.3) is 0 Å². The number of esters is 2. The summed E-state index contributed by atoms with van der Waals surface area (Å²) in [7, 11) is 0. The van der Waals surface area contributed by atoms with Gasteiger partial charge < -0.3 is 23.7 Å². The molecule has 0 heterocycles. The minimum Gasteiger partial charge on any atom is -0.482 e. The average molecular weight is 398 g/mol. The number of carbonyl (C=O) groups excluding carboxylic acids is 2. The largest absolute Gasteiger partial charge is 0.482 e. The van der Waals surface area contributed by atoms with Crippen molar-refractivity contribution in [2.45, 2.75) is 0 Å². The summed E-state index contributed by atoms with van der Waals surface area (Å²) in [6, 6.07) is 13.6. The first-order valence-electron chi connectivity index (χ1n) is 8.77. The fourth-order valence-corrected chi connectivity index (χ4v) is 2.02. The Balaban J connectivity index is 1.79. The minimum atomic E-state index is -0.471. The first-order chi connectivity index (χ1) is 14.1. The predicted octanol–water partition coefficient (Wildman–Crippen LogP) is 3.69. The summed E-state index contributed by atoms with van der Waals surface area (Å²) < 4.78 is 26.0. The molecule has 0 fully saturated rings. The van der Waals surface area contributed by atoms with E-state index in [-0.39, 0.29) is 26.4 Å². The molecule has 0 spiro atoms. The van der Waals surface area contributed by atoms with Crippen LogP contribution in [0.15, 0.2) is 73.8 Å². The number of carbonyl (C=O) groups is 2. The summed E-state index contributed by atoms with van der Waals surface area (Å²) >= 11 is 0. The Morgan fingerprint density at radius 3 is 1.34 bits per heavy atom. The van der Waals surface area contributed by atoms with Crippen molar-refractivity contribution in [3.8, 4) is 23.0 Å². The first-order valence-corrected chi connectivity index (χ1v) is 8.77. The molecule has 2 aromatic rings. The van der Waals surface area contributed by atoms with Crippen LogP contribution in [0.2, 0.25) is 0 Å². The van der Waals surface area contributed by atoms with E-state index in [1.165, 1.54) is 12.2 Å². The van der Waals surface area contributed by atoms with Gasteiger partial charge in [0.1, 0.15) is 36.2 Å². The molecule has 0 aliphatic rings. The van der Waals surface area contributed by atoms with Gasteiger partial charge in [-0.1, -0.05) is 25.3 Å². The monoisotopic (exact) mass is 398 g/mol. The zero-order chi connectivity index (χ0) is 20.9. The van der Waals surface area contributed by atoms with Gasteiger partial charge in [0.2, 0.25) is 0 Å². The molecular formula is C22H22O7. The van der Waals surface area contributed by atoms with E-state index in [4.69, 9.17) is 23.7 Å². The van der Waals surface area contributed by atoms with Crippen molar-refractivity contribution in [2.24, 2.45) is 0 Å². The Hall–Kier alpha value is -3.74. The zero-order valence-electron chi connectivity index (χ0n) is 15.9. The lowest BCUT2D eigenvalue weighted by Gasteiger charge is -2.09. The molecule has 2 rings (SSSR count). The third kappa shape index (κ3) is 8.21. The molecule has 0 aromatic heterocycles. The van der Waals surface area contributed by atoms with Crippen LogP contribution in [0.4, 0.5) is 0 Å². The van der Waals surface area contributed by atoms with Crippen LogP contribution < -0.4 is 14.2 Å². The first kappa shape index (κ1) is 21.6. The van der Waals surface area contributed by atoms with Crippen molar-refractivity contribution in [1.29, 1.82) is 0 Å². The predicted molar refractivity (Wildman–Crippen MR) is 106 cm³/mol. The van der Waals surface area contributed by atoms with Crippen molar-refractivity contribution < 1.29 is 33.3 Å². The van der Waals surface area contributed by atoms with Gasteiger partial charge in [-0.3, -0.25) is 0 Å². The maximum Gasteiger partial charge on any atom is 0.344 e. The highest BCUT2D eigenvalue weighted by Crippen LogP contribution is 2.25. The molecule has 2 aromatic carbocycles. The molecule has 0 aliphatic carbocycles. The Morgan fingerprint density at radius 1 is 0.655 bits per heavy atom. The maximum atomic E-state index is 11.4. The van der Waals surface area contributed by atoms with Crippen LogP contribution in [0.1, 0.15) is 0 Å². The summed E-state index contributed by atoms with van der Waals surface area (Å²) in [4.78, 5) is 22.8. The molecule has 0 atom stereocenters. The second kappa shape index (κ2) is 11.9. The number of hydrogen-bond donors (Lipinski definition) is 0. The second-order valence-corrected chi connectivity index (χ2v) is 5.57. The van der Waals surface area contributed by atoms with Gasteiger partial charge >= 0.3 is 11.9 Å². The standard InChI is InChI=1S/C22H22O7/c1-3-13-25-21(23)15-27-17-5-9-19(10-6-17)29-20-11-7-18(8-12-20)28-16-22(24)26-14-4-2/h3-12H,1-2,13-16H2. The average Bonchev–Trinajstić information content (AvgIpc) is 2.75. The number of rotatable bonds is 12. The van der Waals surface area contributed by atoms with Gasteiger partial charge in [-0.25, -0.2) is 9.59 Å². The van der Waals surface area contributed by atoms with Crippen LogP contribution in [-0.2, 0) is 19.1 Å². The number of hydrogen-bond acceptors (Lipinski definition) is 7. The van der Waals surface area contributed by atoms with Gasteiger partial charge in [-0.05, 0) is 48.5 Å². The summed E-state index contributed by atoms with van der Waals surface area (Å²) in [5, 5.41) is 0. The molecule has 0 aliphatic heterocycles. The maximum absolute atomic E-state index is 11.4. The molecule has 0 saturated carbocycles. The van der Waals surface area contributed by atoms with E-state index < -0.39 is 11.9 Å². The highest BCUT2D eigenvalue weighted by Gasteiger charge is 2.05. The van der Waals surface area contributed by atoms with E-state index in [0.29, 0.717) is 23.0 Å². The third-order valence-corrected chi connectivity index (χ3v) is 3.32. The number of benzene rings is 2. The second-order valence-electron chi connectivity index (χ2n) is 5.57. The number of ether oxygens (including phenoxy) is 5. The summed E-state index contributed by atoms with van der Waals surface area (Å²) in [5.41, 5.74) is 0. The van der Waals surface area contributed by atoms with Gasteiger partial charge in [0.25, 0.3) is 0 Å². The summed E-state index contributed by atoms with van der Waals surface area (Å²) in [6.45, 7) is 6.86. The summed E-state index contributed by atoms with van der Waals surface area (Å²) in [6.07, 6.45) is 2.97. The molecule has 152 valence electrons. The highest BCUT2D eigenvalue weighted by molar-refractivity contribution is 5.71. The van der Waals surface area contributed by atoms with E-state index in [1.807, 2.05) is 0 Å². The molecule has 0 N–H and O–H groups in total. The van der Waals surface area contributed by atoms with Crippen molar-refractivity contribution in [3.05, 3.63) is 73.8 Å². The molecule has 7 heteroatoms. The van der Waals surface area contributed by atoms with Crippen LogP contribution in [-0.4, -0.2) is 38.4 Å². The molecule has 0 unspecified atom stereocenters. The molecule has 0 radical (unpaired) electrons. The van der Waals surface area contributed by atoms with Crippen molar-refractivity contribution in [3.63, 3.8) is 0 Å². The lowest BCUT2D eigenvalue weighted by molar-refractivity contribution is -0.145. The Bertz CT molecular complexity index is 741. The third-order valence-electron chi connectivity index (χ3n) is 3.32. The fraction of sp³-hybridized carbons (Fsp3) is 0.182. The van der Waals surface area contributed by atoms with E-state index in [0.717, 1.165) is 0 Å². The van der Waals surface area contributed by atoms with Crippen LogP contribution in [0.3, 0.4) is 0 Å². The Kier molecular flexibility index (Phi) is 8.82.